The molecule has 1 fully saturated rings. The third-order valence-corrected chi connectivity index (χ3v) is 5.02. The fourth-order valence-electron chi connectivity index (χ4n) is 3.31. The lowest BCUT2D eigenvalue weighted by molar-refractivity contribution is -0.113. The van der Waals surface area contributed by atoms with E-state index in [1.165, 1.54) is 0 Å². The van der Waals surface area contributed by atoms with E-state index >= 15 is 0 Å². The van der Waals surface area contributed by atoms with Crippen LogP contribution in [0, 0.1) is 0 Å². The molecule has 0 unspecified atom stereocenters. The number of anilines is 1. The van der Waals surface area contributed by atoms with Gasteiger partial charge in [0.2, 0.25) is 0 Å². The molecule has 5 nitrogen and oxygen atoms in total. The molecular weight excluding hydrogens is 338 g/mol. The minimum absolute atomic E-state index is 0.00686. The number of carbonyl (C=O) groups excluding carboxylic acids is 1. The SMILES string of the molecule is CN1CCN(CN2C(=O)/C(=C\c3ccco3)c3ccc(Cl)cc32)CC1. The standard InChI is InChI=1S/C19H20ClN3O2/c1-21-6-8-22(9-7-21)13-23-18-11-14(20)4-5-16(18)17(19(23)24)12-15-3-2-10-25-15/h2-5,10-12H,6-9,13H2,1H3/b17-12-. The van der Waals surface area contributed by atoms with E-state index in [2.05, 4.69) is 16.8 Å². The monoisotopic (exact) mass is 357 g/mol. The molecule has 1 aromatic carbocycles. The maximum atomic E-state index is 13.1. The van der Waals surface area contributed by atoms with Crippen LogP contribution in [0.2, 0.25) is 5.02 Å². The molecule has 2 aliphatic rings. The van der Waals surface area contributed by atoms with Gasteiger partial charge in [-0.05, 0) is 37.4 Å². The van der Waals surface area contributed by atoms with Gasteiger partial charge in [-0.15, -0.1) is 0 Å². The number of piperazine rings is 1. The molecule has 0 atom stereocenters. The lowest BCUT2D eigenvalue weighted by Gasteiger charge is -2.34. The number of furan rings is 1. The number of halogens is 1. The first-order chi connectivity index (χ1) is 12.1. The van der Waals surface area contributed by atoms with Crippen LogP contribution in [0.25, 0.3) is 11.6 Å². The van der Waals surface area contributed by atoms with E-state index in [1.807, 2.05) is 35.2 Å². The van der Waals surface area contributed by atoms with E-state index in [-0.39, 0.29) is 5.91 Å². The van der Waals surface area contributed by atoms with Crippen LogP contribution in [-0.2, 0) is 4.79 Å². The highest BCUT2D eigenvalue weighted by atomic mass is 35.5. The van der Waals surface area contributed by atoms with Gasteiger partial charge in [0, 0.05) is 36.8 Å². The highest BCUT2D eigenvalue weighted by molar-refractivity contribution is 6.37. The highest BCUT2D eigenvalue weighted by Crippen LogP contribution is 2.39. The van der Waals surface area contributed by atoms with Gasteiger partial charge >= 0.3 is 0 Å². The molecule has 0 saturated carbocycles. The largest absolute Gasteiger partial charge is 0.465 e. The van der Waals surface area contributed by atoms with Gasteiger partial charge in [0.15, 0.2) is 0 Å². The summed E-state index contributed by atoms with van der Waals surface area (Å²) in [5.74, 6) is 0.665. The Morgan fingerprint density at radius 3 is 2.72 bits per heavy atom. The summed E-state index contributed by atoms with van der Waals surface area (Å²) in [6, 6.07) is 9.26. The second kappa shape index (κ2) is 6.67. The average molecular weight is 358 g/mol. The van der Waals surface area contributed by atoms with Crippen LogP contribution in [-0.4, -0.2) is 55.6 Å². The third-order valence-electron chi connectivity index (χ3n) is 4.78. The van der Waals surface area contributed by atoms with E-state index < -0.39 is 0 Å². The van der Waals surface area contributed by atoms with Crippen molar-refractivity contribution in [3.8, 4) is 0 Å². The minimum atomic E-state index is -0.00686. The van der Waals surface area contributed by atoms with Crippen LogP contribution in [0.1, 0.15) is 11.3 Å². The number of fused-ring (bicyclic) bond motifs is 1. The first kappa shape index (κ1) is 16.4. The van der Waals surface area contributed by atoms with E-state index in [0.29, 0.717) is 23.0 Å². The summed E-state index contributed by atoms with van der Waals surface area (Å²) >= 11 is 6.19. The first-order valence-electron chi connectivity index (χ1n) is 8.40. The maximum absolute atomic E-state index is 13.1. The van der Waals surface area contributed by atoms with Crippen LogP contribution < -0.4 is 4.90 Å². The van der Waals surface area contributed by atoms with Crippen LogP contribution in [0.3, 0.4) is 0 Å². The Morgan fingerprint density at radius 1 is 1.20 bits per heavy atom. The van der Waals surface area contributed by atoms with Gasteiger partial charge in [0.25, 0.3) is 5.91 Å². The third kappa shape index (κ3) is 3.23. The Labute approximate surface area is 152 Å². The van der Waals surface area contributed by atoms with E-state index in [9.17, 15) is 4.79 Å². The quantitative estimate of drug-likeness (QED) is 0.792. The smallest absolute Gasteiger partial charge is 0.260 e. The lowest BCUT2D eigenvalue weighted by atomic mass is 10.1. The number of benzene rings is 1. The van der Waals surface area contributed by atoms with Crippen LogP contribution in [0.4, 0.5) is 5.69 Å². The van der Waals surface area contributed by atoms with Gasteiger partial charge in [-0.25, -0.2) is 0 Å². The summed E-state index contributed by atoms with van der Waals surface area (Å²) in [6.45, 7) is 4.51. The molecule has 6 heteroatoms. The van der Waals surface area contributed by atoms with E-state index in [0.717, 1.165) is 37.4 Å². The zero-order chi connectivity index (χ0) is 17.4. The van der Waals surface area contributed by atoms with E-state index in [1.54, 1.807) is 12.3 Å². The fourth-order valence-corrected chi connectivity index (χ4v) is 3.48. The van der Waals surface area contributed by atoms with Crippen LogP contribution in [0.5, 0.6) is 0 Å². The maximum Gasteiger partial charge on any atom is 0.260 e. The van der Waals surface area contributed by atoms with Crippen molar-refractivity contribution in [2.24, 2.45) is 0 Å². The Morgan fingerprint density at radius 2 is 2.00 bits per heavy atom. The molecule has 0 radical (unpaired) electrons. The van der Waals surface area contributed by atoms with Gasteiger partial charge in [-0.3, -0.25) is 14.6 Å². The number of hydrogen-bond donors (Lipinski definition) is 0. The number of rotatable bonds is 3. The van der Waals surface area contributed by atoms with Crippen molar-refractivity contribution < 1.29 is 9.21 Å². The van der Waals surface area contributed by atoms with Crippen molar-refractivity contribution in [2.45, 2.75) is 0 Å². The Hall–Kier alpha value is -2.08. The number of hydrogen-bond acceptors (Lipinski definition) is 4. The molecule has 1 aromatic heterocycles. The molecule has 2 aliphatic heterocycles. The van der Waals surface area contributed by atoms with Crippen molar-refractivity contribution in [3.63, 3.8) is 0 Å². The predicted molar refractivity (Wildman–Crippen MR) is 99.5 cm³/mol. The second-order valence-corrected chi connectivity index (χ2v) is 6.97. The molecule has 1 amide bonds. The number of amides is 1. The molecule has 1 saturated heterocycles. The molecule has 25 heavy (non-hydrogen) atoms. The average Bonchev–Trinajstić information content (AvgIpc) is 3.19. The molecule has 0 aliphatic carbocycles. The lowest BCUT2D eigenvalue weighted by Crippen LogP contribution is -2.49. The van der Waals surface area contributed by atoms with Crippen molar-refractivity contribution in [3.05, 3.63) is 52.9 Å². The van der Waals surface area contributed by atoms with Crippen molar-refractivity contribution in [1.82, 2.24) is 9.80 Å². The summed E-state index contributed by atoms with van der Waals surface area (Å²) in [7, 11) is 2.12. The molecule has 0 N–H and O–H groups in total. The van der Waals surface area contributed by atoms with Gasteiger partial charge in [0.05, 0.1) is 24.2 Å². The Kier molecular flexibility index (Phi) is 4.37. The summed E-state index contributed by atoms with van der Waals surface area (Å²) in [4.78, 5) is 19.5. The summed E-state index contributed by atoms with van der Waals surface area (Å²) < 4.78 is 5.39. The van der Waals surface area contributed by atoms with Crippen LogP contribution >= 0.6 is 11.6 Å². The van der Waals surface area contributed by atoms with Crippen molar-refractivity contribution in [1.29, 1.82) is 0 Å². The van der Waals surface area contributed by atoms with Gasteiger partial charge in [-0.2, -0.15) is 0 Å². The summed E-state index contributed by atoms with van der Waals surface area (Å²) in [6.07, 6.45) is 3.41. The highest BCUT2D eigenvalue weighted by Gasteiger charge is 2.34. The number of nitrogens with zero attached hydrogens (tertiary/aromatic N) is 3. The van der Waals surface area contributed by atoms with Gasteiger partial charge in [0.1, 0.15) is 5.76 Å². The molecule has 0 bridgehead atoms. The molecule has 0 spiro atoms. The molecule has 3 heterocycles. The second-order valence-electron chi connectivity index (χ2n) is 6.53. The normalized spacial score (nSPS) is 20.5. The topological polar surface area (TPSA) is 39.9 Å². The molecular formula is C19H20ClN3O2. The minimum Gasteiger partial charge on any atom is -0.465 e. The Balaban J connectivity index is 1.66. The van der Waals surface area contributed by atoms with Gasteiger partial charge in [-0.1, -0.05) is 17.7 Å². The van der Waals surface area contributed by atoms with E-state index in [4.69, 9.17) is 16.0 Å². The van der Waals surface area contributed by atoms with Crippen molar-refractivity contribution >= 4 is 34.8 Å². The predicted octanol–water partition coefficient (Wildman–Crippen LogP) is 3.03. The van der Waals surface area contributed by atoms with Crippen LogP contribution in [0.15, 0.2) is 41.0 Å². The number of carbonyl (C=O) groups is 1. The first-order valence-corrected chi connectivity index (χ1v) is 8.77. The fraction of sp³-hybridized carbons (Fsp3) is 0.316. The summed E-state index contributed by atoms with van der Waals surface area (Å²) in [5, 5.41) is 0.633. The van der Waals surface area contributed by atoms with Crippen molar-refractivity contribution in [2.75, 3.05) is 44.8 Å². The molecule has 2 aromatic rings. The molecule has 4 rings (SSSR count). The van der Waals surface area contributed by atoms with Gasteiger partial charge < -0.3 is 9.32 Å². The summed E-state index contributed by atoms with van der Waals surface area (Å²) in [5.41, 5.74) is 2.42. The zero-order valence-corrected chi connectivity index (χ0v) is 14.9. The number of likely N-dealkylation sites (N-methyl/N-ethyl adjacent to an activating group) is 1. The zero-order valence-electron chi connectivity index (χ0n) is 14.1. The Bertz CT molecular complexity index is 808. The molecule has 130 valence electrons.